The molecule has 0 radical (unpaired) electrons. The Hall–Kier alpha value is -2.91. The lowest BCUT2D eigenvalue weighted by Gasteiger charge is -2.24. The van der Waals surface area contributed by atoms with Crippen LogP contribution < -0.4 is 14.9 Å². The average molecular weight is 618 g/mol. The van der Waals surface area contributed by atoms with Crippen LogP contribution in [0.5, 0.6) is 0 Å². The van der Waals surface area contributed by atoms with Gasteiger partial charge < -0.3 is 9.15 Å². The number of esters is 1. The van der Waals surface area contributed by atoms with Gasteiger partial charge in [-0.15, -0.1) is 0 Å². The van der Waals surface area contributed by atoms with Crippen LogP contribution in [0.2, 0.25) is 10.0 Å². The Labute approximate surface area is 234 Å². The number of fused-ring (bicyclic) bond motifs is 1. The van der Waals surface area contributed by atoms with E-state index in [1.165, 1.54) is 15.9 Å². The monoisotopic (exact) mass is 616 g/mol. The zero-order valence-corrected chi connectivity index (χ0v) is 23.5. The summed E-state index contributed by atoms with van der Waals surface area (Å²) in [6.07, 6.45) is 1.68. The molecule has 0 N–H and O–H groups in total. The average Bonchev–Trinajstić information content (AvgIpc) is 3.45. The van der Waals surface area contributed by atoms with E-state index in [2.05, 4.69) is 20.9 Å². The highest BCUT2D eigenvalue weighted by atomic mass is 79.9. The number of ether oxygens (including phenoxy) is 1. The molecule has 0 bridgehead atoms. The fraction of sp³-hybridized carbons (Fsp3) is 0.148. The standard InChI is InChI=1S/C27H19BrCl2N2O4S/c1-3-35-26(34)23-14(2)31-27-32(24(23)15-4-7-17(29)8-5-15)25(33)22(37-27)13-18-9-11-21(36-18)16-6-10-19(28)20(30)12-16/h4-13,24H,3H2,1-2H3/b22-13-/t24-/m1/s1. The molecular formula is C27H19BrCl2N2O4S. The van der Waals surface area contributed by atoms with Gasteiger partial charge >= 0.3 is 5.97 Å². The van der Waals surface area contributed by atoms with Gasteiger partial charge in [0.1, 0.15) is 11.5 Å². The molecule has 6 nitrogen and oxygen atoms in total. The topological polar surface area (TPSA) is 73.8 Å². The van der Waals surface area contributed by atoms with Gasteiger partial charge in [-0.05, 0) is 71.7 Å². The van der Waals surface area contributed by atoms with Gasteiger partial charge in [-0.1, -0.05) is 52.7 Å². The number of nitrogens with zero attached hydrogens (tertiary/aromatic N) is 2. The third-order valence-corrected chi connectivity index (χ3v) is 8.27. The van der Waals surface area contributed by atoms with E-state index in [4.69, 9.17) is 32.4 Å². The van der Waals surface area contributed by atoms with Crippen LogP contribution in [0.15, 0.2) is 84.5 Å². The van der Waals surface area contributed by atoms with E-state index in [-0.39, 0.29) is 12.2 Å². The number of hydrogen-bond donors (Lipinski definition) is 0. The molecule has 37 heavy (non-hydrogen) atoms. The summed E-state index contributed by atoms with van der Waals surface area (Å²) in [6, 6.07) is 15.5. The molecule has 0 spiro atoms. The minimum Gasteiger partial charge on any atom is -0.463 e. The molecule has 10 heteroatoms. The molecule has 0 saturated heterocycles. The Morgan fingerprint density at radius 2 is 1.95 bits per heavy atom. The number of thiazole rings is 1. The summed E-state index contributed by atoms with van der Waals surface area (Å²) in [5, 5.41) is 1.12. The smallest absolute Gasteiger partial charge is 0.338 e. The molecule has 2 aromatic carbocycles. The number of allylic oxidation sites excluding steroid dienone is 1. The number of aromatic nitrogens is 1. The van der Waals surface area contributed by atoms with Gasteiger partial charge in [-0.25, -0.2) is 9.79 Å². The van der Waals surface area contributed by atoms with Gasteiger partial charge in [-0.3, -0.25) is 9.36 Å². The van der Waals surface area contributed by atoms with Gasteiger partial charge in [0.2, 0.25) is 0 Å². The van der Waals surface area contributed by atoms with Crippen molar-refractivity contribution in [3.05, 3.63) is 111 Å². The Bertz CT molecular complexity index is 1730. The molecule has 0 unspecified atom stereocenters. The number of benzene rings is 2. The minimum absolute atomic E-state index is 0.206. The van der Waals surface area contributed by atoms with Crippen molar-refractivity contribution in [1.29, 1.82) is 0 Å². The Kier molecular flexibility index (Phi) is 7.27. The Morgan fingerprint density at radius 3 is 2.65 bits per heavy atom. The van der Waals surface area contributed by atoms with Crippen molar-refractivity contribution < 1.29 is 13.9 Å². The maximum atomic E-state index is 13.7. The van der Waals surface area contributed by atoms with E-state index in [0.717, 1.165) is 15.6 Å². The summed E-state index contributed by atoms with van der Waals surface area (Å²) in [5.41, 5.74) is 2.06. The molecule has 0 aliphatic carbocycles. The minimum atomic E-state index is -0.702. The second kappa shape index (κ2) is 10.5. The quantitative estimate of drug-likeness (QED) is 0.253. The Balaban J connectivity index is 1.62. The Morgan fingerprint density at radius 1 is 1.19 bits per heavy atom. The number of furan rings is 1. The second-order valence-electron chi connectivity index (χ2n) is 8.18. The molecule has 1 aliphatic heterocycles. The van der Waals surface area contributed by atoms with Crippen molar-refractivity contribution in [1.82, 2.24) is 4.57 Å². The molecule has 188 valence electrons. The highest BCUT2D eigenvalue weighted by molar-refractivity contribution is 9.10. The van der Waals surface area contributed by atoms with Gasteiger partial charge in [-0.2, -0.15) is 0 Å². The zero-order chi connectivity index (χ0) is 26.3. The zero-order valence-electron chi connectivity index (χ0n) is 19.6. The molecule has 4 aromatic rings. The van der Waals surface area contributed by atoms with Crippen LogP contribution in [0, 0.1) is 0 Å². The molecule has 2 aromatic heterocycles. The number of rotatable bonds is 5. The van der Waals surface area contributed by atoms with Gasteiger partial charge in [0.05, 0.1) is 33.5 Å². The van der Waals surface area contributed by atoms with Crippen LogP contribution >= 0.6 is 50.5 Å². The van der Waals surface area contributed by atoms with Gasteiger partial charge in [0.25, 0.3) is 5.56 Å². The third-order valence-electron chi connectivity index (χ3n) is 5.81. The lowest BCUT2D eigenvalue weighted by atomic mass is 9.96. The molecule has 1 aliphatic rings. The van der Waals surface area contributed by atoms with Crippen LogP contribution in [0.1, 0.15) is 31.2 Å². The summed E-state index contributed by atoms with van der Waals surface area (Å²) < 4.78 is 14.0. The normalized spacial score (nSPS) is 15.5. The van der Waals surface area contributed by atoms with Crippen LogP contribution in [0.4, 0.5) is 0 Å². The molecule has 0 amide bonds. The fourth-order valence-electron chi connectivity index (χ4n) is 4.12. The first-order valence-electron chi connectivity index (χ1n) is 11.3. The van der Waals surface area contributed by atoms with Crippen molar-refractivity contribution in [3.8, 4) is 11.3 Å². The first-order chi connectivity index (χ1) is 17.8. The largest absolute Gasteiger partial charge is 0.463 e. The number of carbonyl (C=O) groups is 1. The highest BCUT2D eigenvalue weighted by Gasteiger charge is 2.33. The van der Waals surface area contributed by atoms with Gasteiger partial charge in [0.15, 0.2) is 4.80 Å². The molecule has 3 heterocycles. The van der Waals surface area contributed by atoms with E-state index in [0.29, 0.717) is 42.2 Å². The third kappa shape index (κ3) is 4.99. The van der Waals surface area contributed by atoms with Crippen molar-refractivity contribution >= 4 is 62.5 Å². The lowest BCUT2D eigenvalue weighted by Crippen LogP contribution is -2.39. The number of hydrogen-bond acceptors (Lipinski definition) is 6. The molecule has 0 fully saturated rings. The van der Waals surface area contributed by atoms with Crippen LogP contribution in [0.25, 0.3) is 17.4 Å². The van der Waals surface area contributed by atoms with Crippen molar-refractivity contribution in [3.63, 3.8) is 0 Å². The molecular weight excluding hydrogens is 599 g/mol. The fourth-order valence-corrected chi connectivity index (χ4v) is 5.70. The van der Waals surface area contributed by atoms with E-state index < -0.39 is 12.0 Å². The molecule has 1 atom stereocenters. The number of carbonyl (C=O) groups excluding carboxylic acids is 1. The van der Waals surface area contributed by atoms with Crippen LogP contribution in [0.3, 0.4) is 0 Å². The predicted octanol–water partition coefficient (Wildman–Crippen LogP) is 6.13. The van der Waals surface area contributed by atoms with E-state index in [1.807, 2.05) is 18.2 Å². The van der Waals surface area contributed by atoms with Crippen LogP contribution in [-0.4, -0.2) is 17.1 Å². The molecule has 0 saturated carbocycles. The highest BCUT2D eigenvalue weighted by Crippen LogP contribution is 2.32. The number of halogens is 3. The summed E-state index contributed by atoms with van der Waals surface area (Å²) in [7, 11) is 0. The van der Waals surface area contributed by atoms with Crippen molar-refractivity contribution in [2.45, 2.75) is 19.9 Å². The van der Waals surface area contributed by atoms with Crippen molar-refractivity contribution in [2.75, 3.05) is 6.61 Å². The summed E-state index contributed by atoms with van der Waals surface area (Å²) in [5.74, 6) is 0.610. The van der Waals surface area contributed by atoms with E-state index >= 15 is 0 Å². The van der Waals surface area contributed by atoms with Gasteiger partial charge in [0, 0.05) is 21.1 Å². The van der Waals surface area contributed by atoms with Crippen molar-refractivity contribution in [2.24, 2.45) is 4.99 Å². The predicted molar refractivity (Wildman–Crippen MR) is 149 cm³/mol. The SMILES string of the molecule is CCOC(=O)C1=C(C)N=c2s/c(=C\c3ccc(-c4ccc(Br)c(Cl)c4)o3)c(=O)n2[C@@H]1c1ccc(Cl)cc1. The van der Waals surface area contributed by atoms with Crippen LogP contribution in [-0.2, 0) is 9.53 Å². The molecule has 5 rings (SSSR count). The lowest BCUT2D eigenvalue weighted by molar-refractivity contribution is -0.139. The first-order valence-corrected chi connectivity index (χ1v) is 13.6. The maximum Gasteiger partial charge on any atom is 0.338 e. The second-order valence-corrected chi connectivity index (χ2v) is 10.9. The van der Waals surface area contributed by atoms with E-state index in [1.54, 1.807) is 56.3 Å². The summed E-state index contributed by atoms with van der Waals surface area (Å²) in [4.78, 5) is 31.7. The summed E-state index contributed by atoms with van der Waals surface area (Å²) in [6.45, 7) is 3.69. The van der Waals surface area contributed by atoms with E-state index in [9.17, 15) is 9.59 Å². The maximum absolute atomic E-state index is 13.7. The summed E-state index contributed by atoms with van der Waals surface area (Å²) >= 11 is 16.9. The first kappa shape index (κ1) is 25.7.